The van der Waals surface area contributed by atoms with E-state index in [1.807, 2.05) is 44.2 Å². The monoisotopic (exact) mass is 350 g/mol. The molecule has 3 rings (SSSR count). The minimum Gasteiger partial charge on any atom is -0.322 e. The third-order valence-corrected chi connectivity index (χ3v) is 4.66. The van der Waals surface area contributed by atoms with E-state index in [1.54, 1.807) is 30.3 Å². The Balaban J connectivity index is 1.80. The quantitative estimate of drug-likeness (QED) is 0.705. The maximum Gasteiger partial charge on any atom is 0.265 e. The summed E-state index contributed by atoms with van der Waals surface area (Å²) in [6.45, 7) is 3.91. The lowest BCUT2D eigenvalue weighted by Gasteiger charge is -2.11. The van der Waals surface area contributed by atoms with Crippen molar-refractivity contribution in [1.82, 2.24) is 0 Å². The van der Waals surface area contributed by atoms with Crippen molar-refractivity contribution in [3.63, 3.8) is 0 Å². The normalized spacial score (nSPS) is 10.3. The fourth-order valence-electron chi connectivity index (χ4n) is 2.45. The minimum atomic E-state index is -0.260. The first-order valence-electron chi connectivity index (χ1n) is 7.88. The Labute approximate surface area is 150 Å². The Morgan fingerprint density at radius 2 is 1.64 bits per heavy atom. The van der Waals surface area contributed by atoms with Gasteiger partial charge in [-0.1, -0.05) is 24.3 Å². The number of carbonyl (C=O) groups is 2. The van der Waals surface area contributed by atoms with E-state index < -0.39 is 0 Å². The second kappa shape index (κ2) is 7.32. The van der Waals surface area contributed by atoms with Gasteiger partial charge in [-0.3, -0.25) is 9.59 Å². The molecule has 126 valence electrons. The number of benzene rings is 2. The number of para-hydroxylation sites is 1. The van der Waals surface area contributed by atoms with Crippen LogP contribution in [-0.2, 0) is 0 Å². The molecule has 0 saturated heterocycles. The highest BCUT2D eigenvalue weighted by molar-refractivity contribution is 7.14. The maximum absolute atomic E-state index is 12.6. The van der Waals surface area contributed by atoms with Crippen LogP contribution in [0.25, 0.3) is 0 Å². The molecular formula is C20H18N2O2S. The van der Waals surface area contributed by atoms with Gasteiger partial charge >= 0.3 is 0 Å². The summed E-state index contributed by atoms with van der Waals surface area (Å²) in [7, 11) is 0. The van der Waals surface area contributed by atoms with Crippen LogP contribution >= 0.6 is 11.3 Å². The van der Waals surface area contributed by atoms with Gasteiger partial charge in [-0.15, -0.1) is 11.3 Å². The van der Waals surface area contributed by atoms with Crippen LogP contribution in [0.15, 0.2) is 60.7 Å². The van der Waals surface area contributed by atoms with Crippen molar-refractivity contribution in [2.75, 3.05) is 10.6 Å². The number of aryl methyl sites for hydroxylation is 2. The first kappa shape index (κ1) is 16.9. The van der Waals surface area contributed by atoms with Crippen LogP contribution in [0.2, 0.25) is 0 Å². The van der Waals surface area contributed by atoms with E-state index in [9.17, 15) is 9.59 Å². The fourth-order valence-corrected chi connectivity index (χ4v) is 3.21. The van der Waals surface area contributed by atoms with Crippen molar-refractivity contribution < 1.29 is 9.59 Å². The largest absolute Gasteiger partial charge is 0.322 e. The first-order valence-corrected chi connectivity index (χ1v) is 8.69. The molecule has 0 unspecified atom stereocenters. The topological polar surface area (TPSA) is 58.2 Å². The average Bonchev–Trinajstić information content (AvgIpc) is 3.02. The summed E-state index contributed by atoms with van der Waals surface area (Å²) in [5.41, 5.74) is 2.70. The highest BCUT2D eigenvalue weighted by Gasteiger charge is 2.15. The molecule has 5 heteroatoms. The van der Waals surface area contributed by atoms with Gasteiger partial charge in [0.2, 0.25) is 0 Å². The van der Waals surface area contributed by atoms with Crippen LogP contribution in [0.3, 0.4) is 0 Å². The van der Waals surface area contributed by atoms with Crippen LogP contribution in [0.5, 0.6) is 0 Å². The van der Waals surface area contributed by atoms with Gasteiger partial charge in [0.05, 0.1) is 16.1 Å². The molecular weight excluding hydrogens is 332 g/mol. The minimum absolute atomic E-state index is 0.214. The summed E-state index contributed by atoms with van der Waals surface area (Å²) in [5, 5.41) is 5.70. The van der Waals surface area contributed by atoms with Gasteiger partial charge in [0.25, 0.3) is 11.8 Å². The lowest BCUT2D eigenvalue weighted by atomic mass is 10.1. The van der Waals surface area contributed by atoms with Gasteiger partial charge in [0.15, 0.2) is 0 Å². The van der Waals surface area contributed by atoms with Crippen LogP contribution < -0.4 is 10.6 Å². The average molecular weight is 350 g/mol. The number of thiophene rings is 1. The molecule has 25 heavy (non-hydrogen) atoms. The second-order valence-electron chi connectivity index (χ2n) is 5.73. The van der Waals surface area contributed by atoms with Gasteiger partial charge in [0.1, 0.15) is 0 Å². The molecule has 1 heterocycles. The van der Waals surface area contributed by atoms with E-state index in [4.69, 9.17) is 0 Å². The van der Waals surface area contributed by atoms with E-state index in [2.05, 4.69) is 10.6 Å². The van der Waals surface area contributed by atoms with Crippen LogP contribution in [0, 0.1) is 13.8 Å². The van der Waals surface area contributed by atoms with E-state index in [0.717, 1.165) is 16.1 Å². The molecule has 2 amide bonds. The summed E-state index contributed by atoms with van der Waals surface area (Å²) >= 11 is 1.42. The Morgan fingerprint density at radius 1 is 0.840 bits per heavy atom. The van der Waals surface area contributed by atoms with Crippen molar-refractivity contribution in [3.05, 3.63) is 81.5 Å². The standard InChI is InChI=1S/C20H18N2O2S/c1-13-6-5-7-15(12-13)21-19(23)16-8-3-4-9-17(16)22-20(24)18-11-10-14(2)25-18/h3-12H,1-2H3,(H,21,23)(H,22,24). The molecule has 0 bridgehead atoms. The molecule has 0 saturated carbocycles. The van der Waals surface area contributed by atoms with Crippen molar-refractivity contribution in [2.45, 2.75) is 13.8 Å². The Bertz CT molecular complexity index is 931. The molecule has 1 aromatic heterocycles. The Morgan fingerprint density at radius 3 is 2.36 bits per heavy atom. The number of nitrogens with one attached hydrogen (secondary N) is 2. The number of rotatable bonds is 4. The van der Waals surface area contributed by atoms with E-state index in [0.29, 0.717) is 16.1 Å². The molecule has 0 aliphatic carbocycles. The molecule has 4 nitrogen and oxygen atoms in total. The second-order valence-corrected chi connectivity index (χ2v) is 7.02. The molecule has 0 atom stereocenters. The fraction of sp³-hybridized carbons (Fsp3) is 0.100. The number of carbonyl (C=O) groups excluding carboxylic acids is 2. The first-order chi connectivity index (χ1) is 12.0. The van der Waals surface area contributed by atoms with E-state index in [1.165, 1.54) is 11.3 Å². The van der Waals surface area contributed by atoms with Gasteiger partial charge in [0, 0.05) is 10.6 Å². The van der Waals surface area contributed by atoms with Gasteiger partial charge in [-0.2, -0.15) is 0 Å². The van der Waals surface area contributed by atoms with Crippen molar-refractivity contribution >= 4 is 34.5 Å². The molecule has 2 N–H and O–H groups in total. The lowest BCUT2D eigenvalue weighted by Crippen LogP contribution is -2.17. The predicted octanol–water partition coefficient (Wildman–Crippen LogP) is 4.87. The summed E-state index contributed by atoms with van der Waals surface area (Å²) in [5.74, 6) is -0.474. The molecule has 0 aliphatic rings. The van der Waals surface area contributed by atoms with Gasteiger partial charge in [-0.25, -0.2) is 0 Å². The predicted molar refractivity (Wildman–Crippen MR) is 103 cm³/mol. The van der Waals surface area contributed by atoms with Crippen LogP contribution in [0.1, 0.15) is 30.5 Å². The van der Waals surface area contributed by atoms with Crippen LogP contribution in [0.4, 0.5) is 11.4 Å². The van der Waals surface area contributed by atoms with Gasteiger partial charge < -0.3 is 10.6 Å². The third kappa shape index (κ3) is 4.14. The zero-order valence-corrected chi connectivity index (χ0v) is 14.8. The summed E-state index contributed by atoms with van der Waals surface area (Å²) < 4.78 is 0. The molecule has 0 radical (unpaired) electrons. The molecule has 0 fully saturated rings. The number of anilines is 2. The molecule has 0 aliphatic heterocycles. The molecule has 0 spiro atoms. The zero-order valence-electron chi connectivity index (χ0n) is 14.0. The van der Waals surface area contributed by atoms with Crippen molar-refractivity contribution in [3.8, 4) is 0 Å². The third-order valence-electron chi connectivity index (χ3n) is 3.66. The maximum atomic E-state index is 12.6. The lowest BCUT2D eigenvalue weighted by molar-refractivity contribution is 0.102. The van der Waals surface area contributed by atoms with Gasteiger partial charge in [-0.05, 0) is 55.8 Å². The van der Waals surface area contributed by atoms with Crippen molar-refractivity contribution in [2.24, 2.45) is 0 Å². The molecule has 3 aromatic rings. The number of hydrogen-bond donors (Lipinski definition) is 2. The van der Waals surface area contributed by atoms with E-state index >= 15 is 0 Å². The Hall–Kier alpha value is -2.92. The summed E-state index contributed by atoms with van der Waals surface area (Å²) in [6.07, 6.45) is 0. The van der Waals surface area contributed by atoms with Crippen molar-refractivity contribution in [1.29, 1.82) is 0 Å². The summed E-state index contributed by atoms with van der Waals surface area (Å²) in [4.78, 5) is 26.7. The highest BCUT2D eigenvalue weighted by Crippen LogP contribution is 2.21. The number of hydrogen-bond acceptors (Lipinski definition) is 3. The van der Waals surface area contributed by atoms with E-state index in [-0.39, 0.29) is 11.8 Å². The summed E-state index contributed by atoms with van der Waals surface area (Å²) in [6, 6.07) is 18.2. The van der Waals surface area contributed by atoms with Crippen LogP contribution in [-0.4, -0.2) is 11.8 Å². The zero-order chi connectivity index (χ0) is 17.8. The highest BCUT2D eigenvalue weighted by atomic mass is 32.1. The molecule has 2 aromatic carbocycles. The SMILES string of the molecule is Cc1cccc(NC(=O)c2ccccc2NC(=O)c2ccc(C)s2)c1. The Kier molecular flexibility index (Phi) is 4.95. The number of amides is 2. The smallest absolute Gasteiger partial charge is 0.265 e.